The van der Waals surface area contributed by atoms with Gasteiger partial charge in [0.15, 0.2) is 0 Å². The summed E-state index contributed by atoms with van der Waals surface area (Å²) < 4.78 is 5.26. The second-order valence-corrected chi connectivity index (χ2v) is 7.07. The van der Waals surface area contributed by atoms with E-state index in [2.05, 4.69) is 27.5 Å². The van der Waals surface area contributed by atoms with Gasteiger partial charge in [-0.05, 0) is 36.9 Å². The smallest absolute Gasteiger partial charge is 0.408 e. The molecule has 4 N–H and O–H groups in total. The molecule has 0 saturated carbocycles. The van der Waals surface area contributed by atoms with E-state index >= 15 is 0 Å². The number of piperazine rings is 1. The summed E-state index contributed by atoms with van der Waals surface area (Å²) in [6.45, 7) is 4.35. The summed E-state index contributed by atoms with van der Waals surface area (Å²) in [5.41, 5.74) is 8.31. The first kappa shape index (κ1) is 20.6. The van der Waals surface area contributed by atoms with E-state index < -0.39 is 6.09 Å². The number of nitrogen functional groups attached to an aromatic ring is 1. The van der Waals surface area contributed by atoms with Crippen molar-refractivity contribution in [2.45, 2.75) is 6.54 Å². The molecule has 0 spiro atoms. The summed E-state index contributed by atoms with van der Waals surface area (Å²) in [4.78, 5) is 28.6. The number of nitrogens with zero attached hydrogens (tertiary/aromatic N) is 2. The number of benzene rings is 2. The Morgan fingerprint density at radius 2 is 1.72 bits per heavy atom. The molecule has 1 aliphatic rings. The van der Waals surface area contributed by atoms with Crippen LogP contribution < -0.4 is 16.4 Å². The highest BCUT2D eigenvalue weighted by Crippen LogP contribution is 2.18. The van der Waals surface area contributed by atoms with Crippen LogP contribution in [0.1, 0.15) is 15.9 Å². The van der Waals surface area contributed by atoms with Crippen LogP contribution in [0.3, 0.4) is 0 Å². The topological polar surface area (TPSA) is 99.9 Å². The number of amides is 2. The second-order valence-electron chi connectivity index (χ2n) is 7.07. The van der Waals surface area contributed by atoms with Crippen LogP contribution in [-0.4, -0.2) is 61.8 Å². The van der Waals surface area contributed by atoms with E-state index in [-0.39, 0.29) is 5.91 Å². The third-order valence-corrected chi connectivity index (χ3v) is 4.84. The molecule has 2 aromatic rings. The van der Waals surface area contributed by atoms with Gasteiger partial charge in [0.2, 0.25) is 0 Å². The second kappa shape index (κ2) is 9.90. The maximum absolute atomic E-state index is 12.3. The van der Waals surface area contributed by atoms with Crippen LogP contribution in [0.2, 0.25) is 0 Å². The zero-order valence-electron chi connectivity index (χ0n) is 16.6. The number of para-hydroxylation sites is 2. The lowest BCUT2D eigenvalue weighted by atomic mass is 10.1. The molecular weight excluding hydrogens is 370 g/mol. The minimum absolute atomic E-state index is 0.242. The number of ether oxygens (including phenoxy) is 1. The molecule has 0 atom stereocenters. The van der Waals surface area contributed by atoms with Crippen molar-refractivity contribution >= 4 is 23.4 Å². The van der Waals surface area contributed by atoms with Gasteiger partial charge in [0.1, 0.15) is 6.73 Å². The number of hydrogen-bond acceptors (Lipinski definition) is 6. The molecular formula is C21H27N5O3. The summed E-state index contributed by atoms with van der Waals surface area (Å²) in [6, 6.07) is 14.1. The minimum Gasteiger partial charge on any atom is -0.433 e. The van der Waals surface area contributed by atoms with E-state index in [1.807, 2.05) is 12.1 Å². The van der Waals surface area contributed by atoms with Crippen molar-refractivity contribution in [3.63, 3.8) is 0 Å². The van der Waals surface area contributed by atoms with Gasteiger partial charge in [-0.15, -0.1) is 0 Å². The first-order valence-electron chi connectivity index (χ1n) is 9.57. The van der Waals surface area contributed by atoms with Crippen LogP contribution in [0.4, 0.5) is 16.2 Å². The Hall–Kier alpha value is -3.10. The van der Waals surface area contributed by atoms with Crippen LogP contribution in [0, 0.1) is 0 Å². The summed E-state index contributed by atoms with van der Waals surface area (Å²) >= 11 is 0. The molecule has 2 amide bonds. The predicted molar refractivity (Wildman–Crippen MR) is 113 cm³/mol. The fraction of sp³-hybridized carbons (Fsp3) is 0.333. The molecule has 0 aromatic heterocycles. The van der Waals surface area contributed by atoms with Crippen LogP contribution in [0.25, 0.3) is 0 Å². The van der Waals surface area contributed by atoms with E-state index in [1.54, 1.807) is 36.4 Å². The standard InChI is InChI=1S/C21H27N5O3/c1-25-10-12-26(13-11-25)15-29-21(28)23-14-16-6-8-17(9-7-16)20(27)24-19-5-3-2-4-18(19)22/h2-9H,10-15,22H2,1H3,(H,23,28)(H,24,27). The maximum atomic E-state index is 12.3. The molecule has 3 rings (SSSR count). The third kappa shape index (κ3) is 6.20. The maximum Gasteiger partial charge on any atom is 0.408 e. The summed E-state index contributed by atoms with van der Waals surface area (Å²) in [5.74, 6) is -0.242. The number of carbonyl (C=O) groups is 2. The van der Waals surface area contributed by atoms with E-state index in [0.717, 1.165) is 31.7 Å². The normalized spacial score (nSPS) is 14.9. The lowest BCUT2D eigenvalue weighted by Crippen LogP contribution is -2.46. The highest BCUT2D eigenvalue weighted by Gasteiger charge is 2.15. The van der Waals surface area contributed by atoms with Gasteiger partial charge in [0, 0.05) is 38.3 Å². The van der Waals surface area contributed by atoms with Gasteiger partial charge in [-0.2, -0.15) is 0 Å². The average Bonchev–Trinajstić information content (AvgIpc) is 2.74. The number of anilines is 2. The Morgan fingerprint density at radius 3 is 2.41 bits per heavy atom. The molecule has 29 heavy (non-hydrogen) atoms. The van der Waals surface area contributed by atoms with E-state index in [9.17, 15) is 9.59 Å². The van der Waals surface area contributed by atoms with E-state index in [0.29, 0.717) is 30.2 Å². The zero-order valence-corrected chi connectivity index (χ0v) is 16.6. The van der Waals surface area contributed by atoms with Crippen LogP contribution >= 0.6 is 0 Å². The predicted octanol–water partition coefficient (Wildman–Crippen LogP) is 1.95. The van der Waals surface area contributed by atoms with Crippen molar-refractivity contribution in [1.82, 2.24) is 15.1 Å². The molecule has 0 radical (unpaired) electrons. The molecule has 2 aromatic carbocycles. The third-order valence-electron chi connectivity index (χ3n) is 4.84. The molecule has 1 aliphatic heterocycles. The Kier molecular flexibility index (Phi) is 7.04. The summed E-state index contributed by atoms with van der Waals surface area (Å²) in [6.07, 6.45) is -0.453. The van der Waals surface area contributed by atoms with Crippen LogP contribution in [0.15, 0.2) is 48.5 Å². The number of hydrogen-bond donors (Lipinski definition) is 3. The lowest BCUT2D eigenvalue weighted by Gasteiger charge is -2.31. The van der Waals surface area contributed by atoms with Gasteiger partial charge >= 0.3 is 6.09 Å². The molecule has 0 bridgehead atoms. The van der Waals surface area contributed by atoms with E-state index in [4.69, 9.17) is 10.5 Å². The average molecular weight is 397 g/mol. The van der Waals surface area contributed by atoms with Crippen molar-refractivity contribution < 1.29 is 14.3 Å². The van der Waals surface area contributed by atoms with Crippen molar-refractivity contribution in [3.8, 4) is 0 Å². The van der Waals surface area contributed by atoms with Gasteiger partial charge in [0.25, 0.3) is 5.91 Å². The van der Waals surface area contributed by atoms with Gasteiger partial charge in [-0.1, -0.05) is 24.3 Å². The van der Waals surface area contributed by atoms with Gasteiger partial charge in [-0.25, -0.2) is 4.79 Å². The number of alkyl carbamates (subject to hydrolysis) is 1. The fourth-order valence-electron chi connectivity index (χ4n) is 2.93. The zero-order chi connectivity index (χ0) is 20.6. The Balaban J connectivity index is 1.42. The molecule has 154 valence electrons. The molecule has 1 heterocycles. The summed E-state index contributed by atoms with van der Waals surface area (Å²) in [7, 11) is 2.08. The minimum atomic E-state index is -0.453. The van der Waals surface area contributed by atoms with Gasteiger partial charge in [0.05, 0.1) is 11.4 Å². The Bertz CT molecular complexity index is 832. The van der Waals surface area contributed by atoms with Gasteiger partial charge in [-0.3, -0.25) is 9.69 Å². The van der Waals surface area contributed by atoms with Crippen molar-refractivity contribution in [3.05, 3.63) is 59.7 Å². The molecule has 1 fully saturated rings. The first-order valence-corrected chi connectivity index (χ1v) is 9.57. The number of nitrogens with two attached hydrogens (primary N) is 1. The number of nitrogens with one attached hydrogen (secondary N) is 2. The largest absolute Gasteiger partial charge is 0.433 e. The SMILES string of the molecule is CN1CCN(COC(=O)NCc2ccc(C(=O)Nc3ccccc3N)cc2)CC1. The van der Waals surface area contributed by atoms with Crippen molar-refractivity contribution in [1.29, 1.82) is 0 Å². The lowest BCUT2D eigenvalue weighted by molar-refractivity contribution is 0.0414. The Morgan fingerprint density at radius 1 is 1.03 bits per heavy atom. The molecule has 0 aliphatic carbocycles. The number of rotatable bonds is 6. The van der Waals surface area contributed by atoms with Crippen LogP contribution in [-0.2, 0) is 11.3 Å². The fourth-order valence-corrected chi connectivity index (χ4v) is 2.93. The Labute approximate surface area is 170 Å². The van der Waals surface area contributed by atoms with E-state index in [1.165, 1.54) is 0 Å². The number of carbonyl (C=O) groups excluding carboxylic acids is 2. The van der Waals surface area contributed by atoms with Crippen molar-refractivity contribution in [2.24, 2.45) is 0 Å². The quantitative estimate of drug-likeness (QED) is 0.645. The van der Waals surface area contributed by atoms with Crippen LogP contribution in [0.5, 0.6) is 0 Å². The monoisotopic (exact) mass is 397 g/mol. The number of likely N-dealkylation sites (N-methyl/N-ethyl adjacent to an activating group) is 1. The first-order chi connectivity index (χ1) is 14.0. The summed E-state index contributed by atoms with van der Waals surface area (Å²) in [5, 5.41) is 5.51. The highest BCUT2D eigenvalue weighted by atomic mass is 16.6. The molecule has 8 nitrogen and oxygen atoms in total. The molecule has 0 unspecified atom stereocenters. The highest BCUT2D eigenvalue weighted by molar-refractivity contribution is 6.05. The van der Waals surface area contributed by atoms with Gasteiger partial charge < -0.3 is 26.0 Å². The molecule has 1 saturated heterocycles. The van der Waals surface area contributed by atoms with Crippen molar-refractivity contribution in [2.75, 3.05) is 51.0 Å². The molecule has 8 heteroatoms.